The molecule has 0 aliphatic carbocycles. The molecule has 1 aromatic rings. The zero-order valence-corrected chi connectivity index (χ0v) is 12.3. The van der Waals surface area contributed by atoms with E-state index in [9.17, 15) is 0 Å². The second kappa shape index (κ2) is 5.70. The van der Waals surface area contributed by atoms with E-state index in [-0.39, 0.29) is 0 Å². The van der Waals surface area contributed by atoms with Gasteiger partial charge < -0.3 is 5.73 Å². The van der Waals surface area contributed by atoms with E-state index < -0.39 is 0 Å². The van der Waals surface area contributed by atoms with Crippen molar-refractivity contribution in [2.24, 2.45) is 11.7 Å². The highest BCUT2D eigenvalue weighted by Crippen LogP contribution is 2.25. The summed E-state index contributed by atoms with van der Waals surface area (Å²) in [7, 11) is 0. The molecule has 0 spiro atoms. The lowest BCUT2D eigenvalue weighted by Crippen LogP contribution is -2.45. The number of hydrogen-bond acceptors (Lipinski definition) is 2. The molecule has 0 aromatic heterocycles. The largest absolute Gasteiger partial charge is 0.327 e. The first-order valence-corrected chi connectivity index (χ1v) is 7.13. The van der Waals surface area contributed by atoms with Crippen LogP contribution in [0, 0.1) is 5.92 Å². The highest BCUT2D eigenvalue weighted by molar-refractivity contribution is 9.10. The Bertz CT molecular complexity index is 387. The minimum atomic E-state index is 0.314. The van der Waals surface area contributed by atoms with E-state index in [1.54, 1.807) is 0 Å². The molecule has 2 nitrogen and oxygen atoms in total. The van der Waals surface area contributed by atoms with Gasteiger partial charge in [0.15, 0.2) is 0 Å². The van der Waals surface area contributed by atoms with E-state index in [1.165, 1.54) is 5.56 Å². The Morgan fingerprint density at radius 2 is 2.24 bits per heavy atom. The van der Waals surface area contributed by atoms with Crippen LogP contribution in [0.3, 0.4) is 0 Å². The molecule has 2 rings (SSSR count). The van der Waals surface area contributed by atoms with Crippen molar-refractivity contribution in [3.63, 3.8) is 0 Å². The smallest absolute Gasteiger partial charge is 0.0548 e. The monoisotopic (exact) mass is 316 g/mol. The van der Waals surface area contributed by atoms with Gasteiger partial charge in [-0.25, -0.2) is 0 Å². The Labute approximate surface area is 116 Å². The molecule has 1 aliphatic heterocycles. The number of benzene rings is 1. The van der Waals surface area contributed by atoms with E-state index in [0.717, 1.165) is 35.6 Å². The van der Waals surface area contributed by atoms with Crippen LogP contribution < -0.4 is 5.73 Å². The number of halogens is 2. The molecule has 0 radical (unpaired) electrons. The summed E-state index contributed by atoms with van der Waals surface area (Å²) >= 11 is 9.45. The molecule has 2 atom stereocenters. The van der Waals surface area contributed by atoms with Gasteiger partial charge in [-0.1, -0.05) is 24.6 Å². The molecule has 4 heteroatoms. The van der Waals surface area contributed by atoms with Crippen LogP contribution >= 0.6 is 27.5 Å². The van der Waals surface area contributed by atoms with Crippen molar-refractivity contribution in [3.05, 3.63) is 33.3 Å². The van der Waals surface area contributed by atoms with Gasteiger partial charge in [-0.2, -0.15) is 0 Å². The first-order chi connectivity index (χ1) is 8.04. The minimum Gasteiger partial charge on any atom is -0.327 e. The Kier molecular flexibility index (Phi) is 4.47. The summed E-state index contributed by atoms with van der Waals surface area (Å²) < 4.78 is 0.964. The SMILES string of the molecule is CC1CC(N)CN(Cc2ccc(Cl)c(Br)c2)C1. The summed E-state index contributed by atoms with van der Waals surface area (Å²) in [5.41, 5.74) is 7.33. The Balaban J connectivity index is 2.02. The molecule has 94 valence electrons. The van der Waals surface area contributed by atoms with E-state index in [0.29, 0.717) is 12.0 Å². The van der Waals surface area contributed by atoms with E-state index in [4.69, 9.17) is 17.3 Å². The van der Waals surface area contributed by atoms with Crippen LogP contribution in [0.1, 0.15) is 18.9 Å². The summed E-state index contributed by atoms with van der Waals surface area (Å²) in [6.45, 7) is 5.34. The van der Waals surface area contributed by atoms with Crippen LogP contribution in [0.2, 0.25) is 5.02 Å². The third-order valence-corrected chi connectivity index (χ3v) is 4.37. The first kappa shape index (κ1) is 13.3. The molecule has 17 heavy (non-hydrogen) atoms. The van der Waals surface area contributed by atoms with Gasteiger partial charge in [0.2, 0.25) is 0 Å². The normalized spacial score (nSPS) is 26.1. The van der Waals surface area contributed by atoms with Crippen LogP contribution in [0.5, 0.6) is 0 Å². The molecule has 0 saturated carbocycles. The van der Waals surface area contributed by atoms with Crippen molar-refractivity contribution >= 4 is 27.5 Å². The van der Waals surface area contributed by atoms with Gasteiger partial charge in [-0.15, -0.1) is 0 Å². The van der Waals surface area contributed by atoms with Gasteiger partial charge >= 0.3 is 0 Å². The van der Waals surface area contributed by atoms with Crippen molar-refractivity contribution in [1.29, 1.82) is 0 Å². The van der Waals surface area contributed by atoms with Crippen molar-refractivity contribution in [1.82, 2.24) is 4.90 Å². The van der Waals surface area contributed by atoms with E-state index in [2.05, 4.69) is 39.9 Å². The van der Waals surface area contributed by atoms with Crippen LogP contribution in [0.4, 0.5) is 0 Å². The zero-order valence-electron chi connectivity index (χ0n) is 10.00. The fourth-order valence-corrected chi connectivity index (χ4v) is 3.08. The number of piperidine rings is 1. The number of hydrogen-bond donors (Lipinski definition) is 1. The quantitative estimate of drug-likeness (QED) is 0.907. The van der Waals surface area contributed by atoms with Gasteiger partial charge in [0, 0.05) is 30.1 Å². The van der Waals surface area contributed by atoms with Crippen molar-refractivity contribution in [3.8, 4) is 0 Å². The van der Waals surface area contributed by atoms with Crippen LogP contribution in [0.25, 0.3) is 0 Å². The van der Waals surface area contributed by atoms with E-state index >= 15 is 0 Å². The fourth-order valence-electron chi connectivity index (χ4n) is 2.54. The predicted molar refractivity (Wildman–Crippen MR) is 76.2 cm³/mol. The van der Waals surface area contributed by atoms with Gasteiger partial charge in [0.1, 0.15) is 0 Å². The highest BCUT2D eigenvalue weighted by Gasteiger charge is 2.21. The van der Waals surface area contributed by atoms with Gasteiger partial charge in [0.05, 0.1) is 5.02 Å². The maximum Gasteiger partial charge on any atom is 0.0548 e. The highest BCUT2D eigenvalue weighted by atomic mass is 79.9. The average molecular weight is 318 g/mol. The predicted octanol–water partition coefficient (Wildman–Crippen LogP) is 3.27. The molecule has 1 aromatic carbocycles. The number of rotatable bonds is 2. The lowest BCUT2D eigenvalue weighted by molar-refractivity contribution is 0.158. The van der Waals surface area contributed by atoms with Crippen LogP contribution in [-0.2, 0) is 6.54 Å². The van der Waals surface area contributed by atoms with Crippen LogP contribution in [0.15, 0.2) is 22.7 Å². The van der Waals surface area contributed by atoms with Gasteiger partial charge in [-0.05, 0) is 46.0 Å². The molecule has 2 N–H and O–H groups in total. The maximum atomic E-state index is 6.05. The van der Waals surface area contributed by atoms with Gasteiger partial charge in [0.25, 0.3) is 0 Å². The first-order valence-electron chi connectivity index (χ1n) is 5.96. The van der Waals surface area contributed by atoms with Crippen molar-refractivity contribution in [2.45, 2.75) is 25.9 Å². The third-order valence-electron chi connectivity index (χ3n) is 3.16. The number of nitrogens with zero attached hydrogens (tertiary/aromatic N) is 1. The molecular formula is C13H18BrClN2. The summed E-state index contributed by atoms with van der Waals surface area (Å²) in [6.07, 6.45) is 1.14. The van der Waals surface area contributed by atoms with Crippen molar-refractivity contribution in [2.75, 3.05) is 13.1 Å². The molecule has 1 heterocycles. The second-order valence-electron chi connectivity index (χ2n) is 5.04. The lowest BCUT2D eigenvalue weighted by Gasteiger charge is -2.34. The molecular weight excluding hydrogens is 300 g/mol. The second-order valence-corrected chi connectivity index (χ2v) is 6.31. The summed E-state index contributed by atoms with van der Waals surface area (Å²) in [4.78, 5) is 2.43. The van der Waals surface area contributed by atoms with Gasteiger partial charge in [-0.3, -0.25) is 4.90 Å². The van der Waals surface area contributed by atoms with Crippen molar-refractivity contribution < 1.29 is 0 Å². The Morgan fingerprint density at radius 3 is 2.88 bits per heavy atom. The standard InChI is InChI=1S/C13H18BrClN2/c1-9-4-11(16)8-17(6-9)7-10-2-3-13(15)12(14)5-10/h2-3,5,9,11H,4,6-8,16H2,1H3. The Hall–Kier alpha value is -0.0900. The fraction of sp³-hybridized carbons (Fsp3) is 0.538. The molecule has 1 fully saturated rings. The maximum absolute atomic E-state index is 6.05. The summed E-state index contributed by atoms with van der Waals surface area (Å²) in [5, 5.41) is 0.762. The topological polar surface area (TPSA) is 29.3 Å². The molecule has 2 unspecified atom stereocenters. The number of nitrogens with two attached hydrogens (primary N) is 1. The summed E-state index contributed by atoms with van der Waals surface area (Å²) in [5.74, 6) is 0.689. The minimum absolute atomic E-state index is 0.314. The summed E-state index contributed by atoms with van der Waals surface area (Å²) in [6, 6.07) is 6.42. The molecule has 1 aliphatic rings. The Morgan fingerprint density at radius 1 is 1.47 bits per heavy atom. The van der Waals surface area contributed by atoms with Crippen LogP contribution in [-0.4, -0.2) is 24.0 Å². The third kappa shape index (κ3) is 3.68. The lowest BCUT2D eigenvalue weighted by atomic mass is 9.96. The van der Waals surface area contributed by atoms with E-state index in [1.807, 2.05) is 6.07 Å². The molecule has 0 amide bonds. The zero-order chi connectivity index (χ0) is 12.4. The molecule has 1 saturated heterocycles. The average Bonchev–Trinajstić information content (AvgIpc) is 2.22. The number of likely N-dealkylation sites (tertiary alicyclic amines) is 1. The molecule has 0 bridgehead atoms.